The molecule has 0 aliphatic rings. The van der Waals surface area contributed by atoms with Crippen molar-refractivity contribution in [1.29, 1.82) is 0 Å². The summed E-state index contributed by atoms with van der Waals surface area (Å²) >= 11 is 0. The van der Waals surface area contributed by atoms with Crippen molar-refractivity contribution in [1.82, 2.24) is 5.32 Å². The van der Waals surface area contributed by atoms with Crippen molar-refractivity contribution in [3.05, 3.63) is 30.1 Å². The minimum absolute atomic E-state index is 0.0504. The summed E-state index contributed by atoms with van der Waals surface area (Å²) in [4.78, 5) is 11.3. The van der Waals surface area contributed by atoms with Gasteiger partial charge in [-0.05, 0) is 31.5 Å². The number of urea groups is 1. The number of benzene rings is 1. The highest BCUT2D eigenvalue weighted by atomic mass is 19.1. The zero-order valence-corrected chi connectivity index (χ0v) is 9.16. The molecule has 0 aliphatic heterocycles. The quantitative estimate of drug-likeness (QED) is 0.729. The lowest BCUT2D eigenvalue weighted by molar-refractivity contribution is 0.252. The van der Waals surface area contributed by atoms with Gasteiger partial charge in [0.1, 0.15) is 5.82 Å². The van der Waals surface area contributed by atoms with E-state index in [9.17, 15) is 9.18 Å². The van der Waals surface area contributed by atoms with Gasteiger partial charge in [-0.3, -0.25) is 0 Å². The predicted molar refractivity (Wildman–Crippen MR) is 61.7 cm³/mol. The zero-order chi connectivity index (χ0) is 12.0. The molecule has 0 heterocycles. The highest BCUT2D eigenvalue weighted by Gasteiger charge is 2.02. The topological polar surface area (TPSA) is 67.1 Å². The van der Waals surface area contributed by atoms with Crippen LogP contribution in [0.5, 0.6) is 0 Å². The maximum atomic E-state index is 12.8. The van der Waals surface area contributed by atoms with E-state index in [4.69, 9.17) is 5.73 Å². The number of carbonyl (C=O) groups is 1. The van der Waals surface area contributed by atoms with Gasteiger partial charge in [-0.1, -0.05) is 6.07 Å². The normalized spacial score (nSPS) is 11.9. The smallest absolute Gasteiger partial charge is 0.319 e. The van der Waals surface area contributed by atoms with Gasteiger partial charge in [-0.25, -0.2) is 9.18 Å². The molecule has 0 bridgehead atoms. The molecular weight excluding hydrogens is 209 g/mol. The van der Waals surface area contributed by atoms with Crippen molar-refractivity contribution >= 4 is 11.7 Å². The average Bonchev–Trinajstić information content (AvgIpc) is 2.16. The Kier molecular flexibility index (Phi) is 4.72. The van der Waals surface area contributed by atoms with Crippen LogP contribution < -0.4 is 16.4 Å². The maximum Gasteiger partial charge on any atom is 0.319 e. The highest BCUT2D eigenvalue weighted by Crippen LogP contribution is 2.08. The van der Waals surface area contributed by atoms with E-state index in [0.717, 1.165) is 0 Å². The van der Waals surface area contributed by atoms with Crippen LogP contribution in [0.2, 0.25) is 0 Å². The van der Waals surface area contributed by atoms with Crippen molar-refractivity contribution in [3.8, 4) is 0 Å². The number of nitrogens with two attached hydrogens (primary N) is 1. The minimum atomic E-state index is -0.381. The third kappa shape index (κ3) is 4.75. The van der Waals surface area contributed by atoms with Crippen LogP contribution in [0.4, 0.5) is 14.9 Å². The molecule has 0 saturated heterocycles. The fourth-order valence-electron chi connectivity index (χ4n) is 1.15. The number of rotatable bonds is 4. The van der Waals surface area contributed by atoms with Crippen LogP contribution in [0.1, 0.15) is 13.3 Å². The first-order valence-corrected chi connectivity index (χ1v) is 5.14. The Morgan fingerprint density at radius 2 is 2.31 bits per heavy atom. The Hall–Kier alpha value is -1.62. The van der Waals surface area contributed by atoms with Gasteiger partial charge in [0.15, 0.2) is 0 Å². The van der Waals surface area contributed by atoms with E-state index in [-0.39, 0.29) is 17.9 Å². The van der Waals surface area contributed by atoms with Crippen LogP contribution in [0.15, 0.2) is 24.3 Å². The van der Waals surface area contributed by atoms with Crippen molar-refractivity contribution in [2.45, 2.75) is 19.4 Å². The molecule has 4 N–H and O–H groups in total. The van der Waals surface area contributed by atoms with Crippen LogP contribution in [0.25, 0.3) is 0 Å². The van der Waals surface area contributed by atoms with Crippen LogP contribution >= 0.6 is 0 Å². The Bertz CT molecular complexity index is 355. The molecule has 0 aromatic heterocycles. The number of nitrogens with one attached hydrogen (secondary N) is 2. The number of anilines is 1. The largest absolute Gasteiger partial charge is 0.338 e. The molecule has 4 nitrogen and oxygen atoms in total. The standard InChI is InChI=1S/C11H16FN3O/c1-8(13)5-6-14-11(16)15-10-4-2-3-9(12)7-10/h2-4,7-8H,5-6,13H2,1H3,(H2,14,15,16). The molecular formula is C11H16FN3O. The summed E-state index contributed by atoms with van der Waals surface area (Å²) in [5.41, 5.74) is 5.96. The summed E-state index contributed by atoms with van der Waals surface area (Å²) in [6.07, 6.45) is 0.705. The Balaban J connectivity index is 2.34. The second-order valence-corrected chi connectivity index (χ2v) is 3.66. The number of hydrogen-bond donors (Lipinski definition) is 3. The first kappa shape index (κ1) is 12.4. The molecule has 5 heteroatoms. The predicted octanol–water partition coefficient (Wildman–Crippen LogP) is 1.68. The summed E-state index contributed by atoms with van der Waals surface area (Å²) in [5.74, 6) is -0.381. The Morgan fingerprint density at radius 3 is 2.94 bits per heavy atom. The number of hydrogen-bond acceptors (Lipinski definition) is 2. The minimum Gasteiger partial charge on any atom is -0.338 e. The van der Waals surface area contributed by atoms with Crippen molar-refractivity contribution < 1.29 is 9.18 Å². The summed E-state index contributed by atoms with van der Waals surface area (Å²) in [7, 11) is 0. The van der Waals surface area contributed by atoms with Crippen molar-refractivity contribution in [3.63, 3.8) is 0 Å². The number of halogens is 1. The molecule has 0 saturated carbocycles. The second kappa shape index (κ2) is 6.07. The van der Waals surface area contributed by atoms with E-state index in [1.54, 1.807) is 6.07 Å². The van der Waals surface area contributed by atoms with Gasteiger partial charge in [-0.2, -0.15) is 0 Å². The molecule has 1 unspecified atom stereocenters. The third-order valence-electron chi connectivity index (χ3n) is 1.97. The highest BCUT2D eigenvalue weighted by molar-refractivity contribution is 5.89. The average molecular weight is 225 g/mol. The van der Waals surface area contributed by atoms with Gasteiger partial charge in [0.05, 0.1) is 0 Å². The van der Waals surface area contributed by atoms with Gasteiger partial charge in [0, 0.05) is 18.3 Å². The number of carbonyl (C=O) groups excluding carboxylic acids is 1. The lowest BCUT2D eigenvalue weighted by Crippen LogP contribution is -2.32. The fraction of sp³-hybridized carbons (Fsp3) is 0.364. The third-order valence-corrected chi connectivity index (χ3v) is 1.97. The van der Waals surface area contributed by atoms with E-state index in [0.29, 0.717) is 18.7 Å². The molecule has 1 rings (SSSR count). The first-order chi connectivity index (χ1) is 7.58. The zero-order valence-electron chi connectivity index (χ0n) is 9.16. The number of amides is 2. The molecule has 2 amide bonds. The van der Waals surface area contributed by atoms with Crippen molar-refractivity contribution in [2.24, 2.45) is 5.73 Å². The summed E-state index contributed by atoms with van der Waals surface area (Å²) in [5, 5.41) is 5.16. The van der Waals surface area contributed by atoms with E-state index in [2.05, 4.69) is 10.6 Å². The van der Waals surface area contributed by atoms with Gasteiger partial charge in [0.2, 0.25) is 0 Å². The van der Waals surface area contributed by atoms with E-state index < -0.39 is 0 Å². The van der Waals surface area contributed by atoms with Crippen LogP contribution in [0, 0.1) is 5.82 Å². The summed E-state index contributed by atoms with van der Waals surface area (Å²) in [6.45, 7) is 2.37. The summed E-state index contributed by atoms with van der Waals surface area (Å²) < 4.78 is 12.8. The molecule has 16 heavy (non-hydrogen) atoms. The molecule has 1 aromatic rings. The Morgan fingerprint density at radius 1 is 1.56 bits per heavy atom. The Labute approximate surface area is 94.0 Å². The SMILES string of the molecule is CC(N)CCNC(=O)Nc1cccc(F)c1. The van der Waals surface area contributed by atoms with Crippen LogP contribution in [-0.4, -0.2) is 18.6 Å². The van der Waals surface area contributed by atoms with Gasteiger partial charge < -0.3 is 16.4 Å². The monoisotopic (exact) mass is 225 g/mol. The molecule has 0 radical (unpaired) electrons. The van der Waals surface area contributed by atoms with E-state index in [1.165, 1.54) is 18.2 Å². The van der Waals surface area contributed by atoms with Gasteiger partial charge in [0.25, 0.3) is 0 Å². The van der Waals surface area contributed by atoms with E-state index >= 15 is 0 Å². The van der Waals surface area contributed by atoms with Crippen LogP contribution in [-0.2, 0) is 0 Å². The molecule has 0 spiro atoms. The first-order valence-electron chi connectivity index (χ1n) is 5.14. The molecule has 0 aliphatic carbocycles. The van der Waals surface area contributed by atoms with Crippen molar-refractivity contribution in [2.75, 3.05) is 11.9 Å². The van der Waals surface area contributed by atoms with Gasteiger partial charge >= 0.3 is 6.03 Å². The van der Waals surface area contributed by atoms with Crippen LogP contribution in [0.3, 0.4) is 0 Å². The lowest BCUT2D eigenvalue weighted by Gasteiger charge is -2.08. The molecule has 1 aromatic carbocycles. The second-order valence-electron chi connectivity index (χ2n) is 3.66. The van der Waals surface area contributed by atoms with E-state index in [1.807, 2.05) is 6.92 Å². The fourth-order valence-corrected chi connectivity index (χ4v) is 1.15. The lowest BCUT2D eigenvalue weighted by atomic mass is 10.2. The van der Waals surface area contributed by atoms with Gasteiger partial charge in [-0.15, -0.1) is 0 Å². The summed E-state index contributed by atoms with van der Waals surface area (Å²) in [6, 6.07) is 5.42. The maximum absolute atomic E-state index is 12.8. The molecule has 0 fully saturated rings. The molecule has 88 valence electrons. The molecule has 1 atom stereocenters.